The van der Waals surface area contributed by atoms with Crippen molar-refractivity contribution in [2.24, 2.45) is 0 Å². The second kappa shape index (κ2) is 29.5. The molecule has 19 aromatic rings. The number of rotatable bonds is 0. The number of nitrogens with zero attached hydrogens (tertiary/aromatic N) is 17. The summed E-state index contributed by atoms with van der Waals surface area (Å²) in [5, 5.41) is 31.4. The normalized spacial score (nSPS) is 10.5. The Morgan fingerprint density at radius 1 is 0.425 bits per heavy atom. The van der Waals surface area contributed by atoms with E-state index in [0.717, 1.165) is 110 Å². The summed E-state index contributed by atoms with van der Waals surface area (Å²) >= 11 is 0. The Hall–Kier alpha value is -7.46. The van der Waals surface area contributed by atoms with E-state index < -0.39 is 0 Å². The molecule has 0 amide bonds. The van der Waals surface area contributed by atoms with Gasteiger partial charge in [-0.05, 0) is 122 Å². The van der Waals surface area contributed by atoms with Crippen molar-refractivity contribution in [2.45, 2.75) is 6.92 Å². The number of hydrogen-bond acceptors (Lipinski definition) is 11. The number of imidazole rings is 1. The summed E-state index contributed by atoms with van der Waals surface area (Å²) in [6.07, 6.45) is 31.5. The van der Waals surface area contributed by atoms with Crippen molar-refractivity contribution < 1.29 is 126 Å². The minimum atomic E-state index is 0. The van der Waals surface area contributed by atoms with Gasteiger partial charge in [-0.15, -0.1) is 5.52 Å². The van der Waals surface area contributed by atoms with Gasteiger partial charge in [0.1, 0.15) is 0 Å². The van der Waals surface area contributed by atoms with E-state index in [1.807, 2.05) is 133 Å². The van der Waals surface area contributed by atoms with Gasteiger partial charge in [-0.3, -0.25) is 19.0 Å². The van der Waals surface area contributed by atoms with Crippen molar-refractivity contribution in [2.75, 3.05) is 0 Å². The van der Waals surface area contributed by atoms with Gasteiger partial charge >= 0.3 is 0 Å². The summed E-state index contributed by atoms with van der Waals surface area (Å²) in [4.78, 5) is 34.2. The topological polar surface area (TPSA) is 188 Å². The number of aromatic nitrogens is 17. The predicted molar refractivity (Wildman–Crippen MR) is 314 cm³/mol. The molecule has 0 fully saturated rings. The van der Waals surface area contributed by atoms with Gasteiger partial charge in [0.05, 0.1) is 11.0 Å². The van der Waals surface area contributed by atoms with Crippen molar-refractivity contribution in [3.05, 3.63) is 251 Å². The molecule has 0 saturated heterocycles. The average molecular weight is 2220 g/mol. The summed E-state index contributed by atoms with van der Waals surface area (Å²) in [5.41, 5.74) is 12.3. The molecule has 3 aromatic carbocycles. The Morgan fingerprint density at radius 3 is 1.69 bits per heavy atom. The minimum absolute atomic E-state index is 0. The van der Waals surface area contributed by atoms with E-state index in [9.17, 15) is 0 Å². The number of hydrogen-bond donors (Lipinski definition) is 0. The van der Waals surface area contributed by atoms with Gasteiger partial charge in [0.2, 0.25) is 0 Å². The first kappa shape index (κ1) is 65.5. The molecule has 0 N–H and O–H groups in total. The van der Waals surface area contributed by atoms with Crippen LogP contribution in [0.1, 0.15) is 5.69 Å². The second-order valence-corrected chi connectivity index (χ2v) is 18.6. The summed E-state index contributed by atoms with van der Waals surface area (Å²) in [7, 11) is 0. The monoisotopic (exact) mass is 2220 g/mol. The Bertz CT molecular complexity index is 4990. The molecule has 16 aromatic heterocycles. The first-order valence-corrected chi connectivity index (χ1v) is 25.6. The van der Waals surface area contributed by atoms with Gasteiger partial charge in [-0.2, -0.15) is 23.4 Å². The smallest absolute Gasteiger partial charge is 0.0572 e. The standard InChI is InChI=1S/C13H7N2.C11H8N3.C11H7N2.2C10H6N3.C9H5N4.6Pt/c1-2-11-13-12-9(5-6-14-13)3-4-10(12)8-15(11)7-1;1-7-9-5-4-8-3-2-6-12-10(8)11(9)14-13-7;1-2-8-3-4-9-5-7-13-11(9)10(8)12-6-1;1-2-8-4-7-13-9(3-6-12-13)10(8)11-5-1;1-2-8-3-5-13-7-11-6-9(13)10(8)12-4-1;1-2-7-3-5-13-8(6-11-12-13)9(7)10-4-1;;;;;;/h1,3-8H;2-6H,1H3;1-7H;1-2,4-7H;1-5,7H;1-5H;;;;;;/q6*-1;;;;;;. The third-order valence-corrected chi connectivity index (χ3v) is 13.7. The summed E-state index contributed by atoms with van der Waals surface area (Å²) in [6.45, 7) is 1.96. The molecule has 17 nitrogen and oxygen atoms in total. The third-order valence-electron chi connectivity index (χ3n) is 13.7. The molecular weight excluding hydrogens is 2180 g/mol. The van der Waals surface area contributed by atoms with Crippen LogP contribution in [0.15, 0.2) is 220 Å². The van der Waals surface area contributed by atoms with Crippen molar-refractivity contribution in [1.29, 1.82) is 0 Å². The maximum absolute atomic E-state index is 4.45. The van der Waals surface area contributed by atoms with Crippen LogP contribution < -0.4 is 10.1 Å². The van der Waals surface area contributed by atoms with E-state index in [0.29, 0.717) is 0 Å². The van der Waals surface area contributed by atoms with E-state index in [-0.39, 0.29) is 126 Å². The minimum Gasteiger partial charge on any atom is -0.662 e. The van der Waals surface area contributed by atoms with Gasteiger partial charge in [0.15, 0.2) is 0 Å². The molecule has 19 rings (SSSR count). The fourth-order valence-electron chi connectivity index (χ4n) is 9.89. The molecule has 0 spiro atoms. The average Bonchev–Trinajstić information content (AvgIpc) is 1.83. The van der Waals surface area contributed by atoms with E-state index in [4.69, 9.17) is 0 Å². The zero-order valence-electron chi connectivity index (χ0n) is 44.8. The molecule has 0 radical (unpaired) electrons. The van der Waals surface area contributed by atoms with E-state index in [1.54, 1.807) is 52.5 Å². The van der Waals surface area contributed by atoms with Gasteiger partial charge in [-0.1, -0.05) is 158 Å². The van der Waals surface area contributed by atoms with Crippen LogP contribution in [0.4, 0.5) is 0 Å². The number of aryl methyl sites for hydroxylation is 1. The molecule has 87 heavy (non-hydrogen) atoms. The number of pyridine rings is 10. The van der Waals surface area contributed by atoms with Crippen LogP contribution in [0.25, 0.3) is 120 Å². The zero-order chi connectivity index (χ0) is 54.1. The summed E-state index contributed by atoms with van der Waals surface area (Å²) in [6, 6.07) is 50.5. The molecule has 0 aliphatic heterocycles. The van der Waals surface area contributed by atoms with Crippen LogP contribution >= 0.6 is 0 Å². The molecule has 0 saturated carbocycles. The molecule has 0 aliphatic rings. The van der Waals surface area contributed by atoms with Crippen molar-refractivity contribution >= 4 is 120 Å². The van der Waals surface area contributed by atoms with Crippen molar-refractivity contribution in [3.8, 4) is 0 Å². The maximum Gasteiger partial charge on any atom is 0.0572 e. The molecule has 23 heteroatoms. The van der Waals surface area contributed by atoms with Crippen molar-refractivity contribution in [1.82, 2.24) is 83.3 Å². The van der Waals surface area contributed by atoms with Crippen LogP contribution in [0.2, 0.25) is 0 Å². The summed E-state index contributed by atoms with van der Waals surface area (Å²) < 4.78 is 7.42. The van der Waals surface area contributed by atoms with Crippen LogP contribution in [-0.2, 0) is 126 Å². The Labute approximate surface area is 581 Å². The molecule has 0 unspecified atom stereocenters. The SMILES string of the molecule is Cc1n[n-]c2c1ccc1cccnc12.[Pt].[Pt].[Pt].[Pt].[Pt].[Pt].[c-]1ccn2cc3ccc4ccnc(c43)c12.[c-]1cnn2ccc3cccnc3c12.[c-]1ncn2ccc3cccnc3c12.[c-]1nnn2ccc3cccnc3c12.c1cnc2c(c1)ccc1cc[n-]c12. The Morgan fingerprint density at radius 2 is 0.989 bits per heavy atom. The molecule has 0 aliphatic carbocycles. The fourth-order valence-corrected chi connectivity index (χ4v) is 9.89. The number of benzene rings is 2. The van der Waals surface area contributed by atoms with E-state index >= 15 is 0 Å². The second-order valence-electron chi connectivity index (χ2n) is 18.6. The summed E-state index contributed by atoms with van der Waals surface area (Å²) in [5.74, 6) is 0. The van der Waals surface area contributed by atoms with Gasteiger partial charge < -0.3 is 48.9 Å². The van der Waals surface area contributed by atoms with Gasteiger partial charge in [-0.25, -0.2) is 11.2 Å². The zero-order valence-corrected chi connectivity index (χ0v) is 58.4. The predicted octanol–water partition coefficient (Wildman–Crippen LogP) is 11.7. The largest absolute Gasteiger partial charge is 0.662 e. The third kappa shape index (κ3) is 13.2. The van der Waals surface area contributed by atoms with Crippen LogP contribution in [0.5, 0.6) is 0 Å². The van der Waals surface area contributed by atoms with Crippen LogP contribution in [-0.4, -0.2) is 73.2 Å². The van der Waals surface area contributed by atoms with Gasteiger partial charge in [0, 0.05) is 188 Å². The molecule has 16 heterocycles. The maximum atomic E-state index is 4.45. The van der Waals surface area contributed by atoms with Crippen molar-refractivity contribution in [3.63, 3.8) is 0 Å². The first-order chi connectivity index (χ1) is 40.1. The molecule has 0 atom stereocenters. The van der Waals surface area contributed by atoms with E-state index in [2.05, 4.69) is 149 Å². The molecule has 446 valence electrons. The molecular formula is C64H39N17Pt6-6. The van der Waals surface area contributed by atoms with Gasteiger partial charge in [0.25, 0.3) is 0 Å². The quantitative estimate of drug-likeness (QED) is 0.131. The van der Waals surface area contributed by atoms with E-state index in [1.165, 1.54) is 16.2 Å². The van der Waals surface area contributed by atoms with Crippen LogP contribution in [0.3, 0.4) is 0 Å². The van der Waals surface area contributed by atoms with Crippen LogP contribution in [0, 0.1) is 31.5 Å². The number of fused-ring (bicyclic) bond motifs is 17. The first-order valence-electron chi connectivity index (χ1n) is 25.6. The molecule has 0 bridgehead atoms. The Balaban J connectivity index is 0.000000134. The Kier molecular flexibility index (Phi) is 22.2. The fraction of sp³-hybridized carbons (Fsp3) is 0.0156.